The Morgan fingerprint density at radius 2 is 0.621 bits per heavy atom. The van der Waals surface area contributed by atoms with Gasteiger partial charge in [-0.25, -0.2) is 0 Å². The first kappa shape index (κ1) is 33.5. The van der Waals surface area contributed by atoms with Gasteiger partial charge in [-0.05, 0) is 89.0 Å². The van der Waals surface area contributed by atoms with E-state index < -0.39 is 0 Å². The van der Waals surface area contributed by atoms with E-state index in [0.717, 1.165) is 89.1 Å². The number of rotatable bonds is 8. The van der Waals surface area contributed by atoms with E-state index in [9.17, 15) is 0 Å². The Labute approximate surface area is 336 Å². The second-order valence-corrected chi connectivity index (χ2v) is 14.5. The van der Waals surface area contributed by atoms with Crippen LogP contribution in [-0.2, 0) is 0 Å². The maximum absolute atomic E-state index is 6.68. The van der Waals surface area contributed by atoms with Crippen LogP contribution in [0.4, 0.5) is 34.1 Å². The smallest absolute Gasteiger partial charge is 0.159 e. The molecular formula is C54H36N2O2. The van der Waals surface area contributed by atoms with Crippen LogP contribution in [0.1, 0.15) is 0 Å². The highest BCUT2D eigenvalue weighted by Gasteiger charge is 2.23. The second-order valence-electron chi connectivity index (χ2n) is 14.5. The van der Waals surface area contributed by atoms with E-state index in [-0.39, 0.29) is 0 Å². The molecule has 4 nitrogen and oxygen atoms in total. The molecule has 0 aliphatic heterocycles. The molecule has 274 valence electrons. The molecule has 0 aliphatic rings. The standard InChI is InChI=1S/C54H36N2O2/c1-3-14-37(15-4-1)39-28-32-41(33-29-39)55(49-24-12-22-47-45-20-7-9-26-51(45)57-53(47)49)43-18-11-19-44(36-43)56(42-34-30-40(31-35-42)38-16-5-2-6-17-38)50-25-13-23-48-46-21-8-10-27-52(46)58-54(48)50/h1-36H. The van der Waals surface area contributed by atoms with Crippen LogP contribution in [0.3, 0.4) is 0 Å². The Balaban J connectivity index is 1.11. The van der Waals surface area contributed by atoms with Crippen molar-refractivity contribution in [1.29, 1.82) is 0 Å². The van der Waals surface area contributed by atoms with Crippen molar-refractivity contribution >= 4 is 78.0 Å². The summed E-state index contributed by atoms with van der Waals surface area (Å²) in [7, 11) is 0. The van der Waals surface area contributed by atoms with Crippen molar-refractivity contribution < 1.29 is 8.83 Å². The number of furan rings is 2. The van der Waals surface area contributed by atoms with E-state index in [2.05, 4.69) is 204 Å². The molecule has 0 unspecified atom stereocenters. The third kappa shape index (κ3) is 5.78. The van der Waals surface area contributed by atoms with Gasteiger partial charge < -0.3 is 18.6 Å². The molecule has 2 aromatic heterocycles. The van der Waals surface area contributed by atoms with Gasteiger partial charge in [-0.3, -0.25) is 0 Å². The lowest BCUT2D eigenvalue weighted by atomic mass is 10.0. The molecule has 9 aromatic carbocycles. The van der Waals surface area contributed by atoms with Crippen LogP contribution in [0.15, 0.2) is 227 Å². The molecule has 0 bridgehead atoms. The lowest BCUT2D eigenvalue weighted by Crippen LogP contribution is -2.13. The van der Waals surface area contributed by atoms with Gasteiger partial charge in [0.05, 0.1) is 11.4 Å². The summed E-state index contributed by atoms with van der Waals surface area (Å²) < 4.78 is 13.4. The highest BCUT2D eigenvalue weighted by Crippen LogP contribution is 2.46. The van der Waals surface area contributed by atoms with Crippen LogP contribution in [0.25, 0.3) is 66.1 Å². The third-order valence-electron chi connectivity index (χ3n) is 11.1. The van der Waals surface area contributed by atoms with Crippen LogP contribution in [0.2, 0.25) is 0 Å². The molecule has 58 heavy (non-hydrogen) atoms. The molecule has 0 atom stereocenters. The highest BCUT2D eigenvalue weighted by atomic mass is 16.3. The quantitative estimate of drug-likeness (QED) is 0.155. The first-order valence-electron chi connectivity index (χ1n) is 19.6. The Bertz CT molecular complexity index is 3000. The third-order valence-corrected chi connectivity index (χ3v) is 11.1. The maximum Gasteiger partial charge on any atom is 0.159 e. The lowest BCUT2D eigenvalue weighted by Gasteiger charge is -2.29. The van der Waals surface area contributed by atoms with Crippen molar-refractivity contribution in [2.24, 2.45) is 0 Å². The van der Waals surface area contributed by atoms with E-state index in [1.807, 2.05) is 24.3 Å². The van der Waals surface area contributed by atoms with Crippen LogP contribution in [0.5, 0.6) is 0 Å². The summed E-state index contributed by atoms with van der Waals surface area (Å²) in [5.41, 5.74) is 14.0. The van der Waals surface area contributed by atoms with Gasteiger partial charge in [0.2, 0.25) is 0 Å². The first-order valence-corrected chi connectivity index (χ1v) is 19.6. The topological polar surface area (TPSA) is 32.8 Å². The summed E-state index contributed by atoms with van der Waals surface area (Å²) in [5.74, 6) is 0. The van der Waals surface area contributed by atoms with E-state index in [0.29, 0.717) is 0 Å². The van der Waals surface area contributed by atoms with Crippen LogP contribution in [-0.4, -0.2) is 0 Å². The summed E-state index contributed by atoms with van der Waals surface area (Å²) in [4.78, 5) is 4.61. The Morgan fingerprint density at radius 3 is 1.07 bits per heavy atom. The van der Waals surface area contributed by atoms with Crippen molar-refractivity contribution in [2.75, 3.05) is 9.80 Å². The molecule has 0 fully saturated rings. The highest BCUT2D eigenvalue weighted by molar-refractivity contribution is 6.11. The van der Waals surface area contributed by atoms with Crippen molar-refractivity contribution in [3.8, 4) is 22.3 Å². The molecule has 0 saturated heterocycles. The molecule has 0 radical (unpaired) electrons. The largest absolute Gasteiger partial charge is 0.454 e. The summed E-state index contributed by atoms with van der Waals surface area (Å²) in [5, 5.41) is 4.34. The molecule has 0 amide bonds. The van der Waals surface area contributed by atoms with Crippen molar-refractivity contribution in [3.05, 3.63) is 218 Å². The molecule has 4 heteroatoms. The Hall–Kier alpha value is -7.82. The molecule has 0 N–H and O–H groups in total. The van der Waals surface area contributed by atoms with Gasteiger partial charge in [0.25, 0.3) is 0 Å². The van der Waals surface area contributed by atoms with E-state index in [1.54, 1.807) is 0 Å². The van der Waals surface area contributed by atoms with Crippen molar-refractivity contribution in [1.82, 2.24) is 0 Å². The summed E-state index contributed by atoms with van der Waals surface area (Å²) in [6.07, 6.45) is 0. The predicted molar refractivity (Wildman–Crippen MR) is 241 cm³/mol. The second kappa shape index (κ2) is 14.0. The van der Waals surface area contributed by atoms with E-state index in [4.69, 9.17) is 8.83 Å². The lowest BCUT2D eigenvalue weighted by molar-refractivity contribution is 0.669. The van der Waals surface area contributed by atoms with Gasteiger partial charge in [0, 0.05) is 44.3 Å². The molecule has 11 rings (SSSR count). The van der Waals surface area contributed by atoms with Gasteiger partial charge in [-0.2, -0.15) is 0 Å². The summed E-state index contributed by atoms with van der Waals surface area (Å²) in [6.45, 7) is 0. The monoisotopic (exact) mass is 744 g/mol. The first-order chi connectivity index (χ1) is 28.8. The number of anilines is 6. The molecule has 0 saturated carbocycles. The minimum atomic E-state index is 0.835. The molecule has 11 aromatic rings. The summed E-state index contributed by atoms with van der Waals surface area (Å²) in [6, 6.07) is 76.7. The zero-order chi connectivity index (χ0) is 38.4. The zero-order valence-electron chi connectivity index (χ0n) is 31.5. The molecule has 0 spiro atoms. The minimum Gasteiger partial charge on any atom is -0.454 e. The number of para-hydroxylation sites is 4. The Kier molecular flexibility index (Phi) is 8.11. The molecular weight excluding hydrogens is 709 g/mol. The van der Waals surface area contributed by atoms with E-state index in [1.165, 1.54) is 11.1 Å². The zero-order valence-corrected chi connectivity index (χ0v) is 31.5. The fourth-order valence-corrected chi connectivity index (χ4v) is 8.31. The SMILES string of the molecule is c1ccc(-c2ccc(N(c3cccc(N(c4ccc(-c5ccccc5)cc4)c4cccc5c4oc4ccccc45)c3)c3cccc4c3oc3ccccc34)cc2)cc1. The van der Waals surface area contributed by atoms with Gasteiger partial charge in [-0.15, -0.1) is 0 Å². The fourth-order valence-electron chi connectivity index (χ4n) is 8.31. The number of nitrogens with zero attached hydrogens (tertiary/aromatic N) is 2. The number of benzene rings is 9. The molecule has 2 heterocycles. The predicted octanol–water partition coefficient (Wildman–Crippen LogP) is 15.8. The average molecular weight is 745 g/mol. The maximum atomic E-state index is 6.68. The number of hydrogen-bond acceptors (Lipinski definition) is 4. The van der Waals surface area contributed by atoms with Crippen LogP contribution in [0, 0.1) is 0 Å². The van der Waals surface area contributed by atoms with Gasteiger partial charge >= 0.3 is 0 Å². The van der Waals surface area contributed by atoms with Crippen LogP contribution >= 0.6 is 0 Å². The average Bonchev–Trinajstić information content (AvgIpc) is 3.88. The molecule has 0 aliphatic carbocycles. The fraction of sp³-hybridized carbons (Fsp3) is 0. The normalized spacial score (nSPS) is 11.4. The van der Waals surface area contributed by atoms with E-state index >= 15 is 0 Å². The van der Waals surface area contributed by atoms with Crippen molar-refractivity contribution in [2.45, 2.75) is 0 Å². The van der Waals surface area contributed by atoms with Gasteiger partial charge in [0.15, 0.2) is 11.2 Å². The number of fused-ring (bicyclic) bond motifs is 6. The van der Waals surface area contributed by atoms with Crippen molar-refractivity contribution in [3.63, 3.8) is 0 Å². The van der Waals surface area contributed by atoms with Gasteiger partial charge in [0.1, 0.15) is 11.2 Å². The van der Waals surface area contributed by atoms with Crippen LogP contribution < -0.4 is 9.80 Å². The minimum absolute atomic E-state index is 0.835. The summed E-state index contributed by atoms with van der Waals surface area (Å²) >= 11 is 0. The number of hydrogen-bond donors (Lipinski definition) is 0. The Morgan fingerprint density at radius 1 is 0.259 bits per heavy atom. The van der Waals surface area contributed by atoms with Gasteiger partial charge in [-0.1, -0.05) is 152 Å².